The summed E-state index contributed by atoms with van der Waals surface area (Å²) in [6.07, 6.45) is 11.3. The highest BCUT2D eigenvalue weighted by Gasteiger charge is 2.51. The van der Waals surface area contributed by atoms with Crippen LogP contribution in [-0.4, -0.2) is 51.1 Å². The molecule has 0 saturated carbocycles. The highest BCUT2D eigenvalue weighted by Crippen LogP contribution is 2.64. The smallest absolute Gasteiger partial charge is 0.314 e. The van der Waals surface area contributed by atoms with E-state index in [1.54, 1.807) is 0 Å². The first-order valence-corrected chi connectivity index (χ1v) is 44.8. The maximum Gasteiger partial charge on any atom is 0.331 e. The summed E-state index contributed by atoms with van der Waals surface area (Å²) < 4.78 is 93.8. The van der Waals surface area contributed by atoms with Gasteiger partial charge in [-0.05, 0) is 215 Å². The Balaban J connectivity index is 1.46. The minimum Gasteiger partial charge on any atom is -0.314 e. The maximum atomic E-state index is 18.0. The standard InChI is InChI=1S/C81H132O8P4/c1-25-53(13)65-41-69(57(17)29-5)77(70(42-65)58(18)30-6)90(82,78-71(59(19)31-7)43-66(54(14)26-2)44-72(78)60(20)32-8)37-39-92(84)86-49-81(50-87-92)51-88-93(85,89-52-81)40-38-91(83,79-73(61(21)33-9)45-67(55(15)27-3)46-74(79)62(22)34-10)80-75(63(23)35-11)47-68(56(16)28-4)48-76(80)64(24)36-12/h41-48,53-64H,25-40,49-52H2,1-24H3. The molecule has 0 radical (unpaired) electrons. The van der Waals surface area contributed by atoms with Crippen molar-refractivity contribution >= 4 is 50.7 Å². The van der Waals surface area contributed by atoms with E-state index in [0.717, 1.165) is 143 Å². The second-order valence-electron chi connectivity index (χ2n) is 30.1. The van der Waals surface area contributed by atoms with E-state index in [1.165, 1.54) is 22.3 Å². The van der Waals surface area contributed by atoms with Gasteiger partial charge in [-0.1, -0.05) is 215 Å². The number of rotatable bonds is 34. The molecule has 2 heterocycles. The van der Waals surface area contributed by atoms with Crippen molar-refractivity contribution in [2.75, 3.05) is 51.1 Å². The van der Waals surface area contributed by atoms with E-state index in [4.69, 9.17) is 18.1 Å². The van der Waals surface area contributed by atoms with E-state index in [1.807, 2.05) is 0 Å². The summed E-state index contributed by atoms with van der Waals surface area (Å²) in [4.78, 5) is 0. The second kappa shape index (κ2) is 34.1. The van der Waals surface area contributed by atoms with Gasteiger partial charge < -0.3 is 27.2 Å². The van der Waals surface area contributed by atoms with Crippen LogP contribution < -0.4 is 21.2 Å². The van der Waals surface area contributed by atoms with Crippen LogP contribution in [-0.2, 0) is 36.4 Å². The quantitative estimate of drug-likeness (QED) is 0.0426. The first-order chi connectivity index (χ1) is 43.9. The molecular weight excluding hydrogens is 1220 g/mol. The zero-order valence-corrected chi connectivity index (χ0v) is 66.8. The van der Waals surface area contributed by atoms with Crippen molar-refractivity contribution in [1.29, 1.82) is 0 Å². The normalized spacial score (nSPS) is 24.0. The minimum atomic E-state index is -3.90. The third kappa shape index (κ3) is 17.3. The van der Waals surface area contributed by atoms with Gasteiger partial charge in [-0.3, -0.25) is 9.13 Å². The lowest BCUT2D eigenvalue weighted by Gasteiger charge is -2.43. The molecule has 2 aliphatic rings. The molecule has 4 aromatic carbocycles. The molecule has 2 fully saturated rings. The lowest BCUT2D eigenvalue weighted by Crippen LogP contribution is -2.46. The molecule has 0 aromatic heterocycles. The highest BCUT2D eigenvalue weighted by atomic mass is 31.2. The van der Waals surface area contributed by atoms with Crippen LogP contribution in [0.1, 0.15) is 381 Å². The van der Waals surface area contributed by atoms with Crippen LogP contribution in [0.4, 0.5) is 0 Å². The molecule has 0 N–H and O–H groups in total. The van der Waals surface area contributed by atoms with Gasteiger partial charge >= 0.3 is 15.2 Å². The van der Waals surface area contributed by atoms with Crippen LogP contribution in [0.15, 0.2) is 48.5 Å². The van der Waals surface area contributed by atoms with Gasteiger partial charge in [0.15, 0.2) is 0 Å². The van der Waals surface area contributed by atoms with E-state index < -0.39 is 34.9 Å². The monoisotopic (exact) mass is 1360 g/mol. The largest absolute Gasteiger partial charge is 0.331 e. The Hall–Kier alpha value is -2.36. The topological polar surface area (TPSA) is 105 Å². The van der Waals surface area contributed by atoms with E-state index in [-0.39, 0.29) is 98.4 Å². The molecule has 2 saturated heterocycles. The molecule has 12 atom stereocenters. The van der Waals surface area contributed by atoms with Crippen LogP contribution in [0, 0.1) is 5.41 Å². The Morgan fingerprint density at radius 2 is 0.452 bits per heavy atom. The van der Waals surface area contributed by atoms with Gasteiger partial charge in [0.05, 0.1) is 44.2 Å². The summed E-state index contributed by atoms with van der Waals surface area (Å²) in [6, 6.07) is 19.1. The summed E-state index contributed by atoms with van der Waals surface area (Å²) in [7, 11) is -15.2. The third-order valence-corrected chi connectivity index (χ3v) is 34.7. The minimum absolute atomic E-state index is 0.00484. The van der Waals surface area contributed by atoms with Crippen molar-refractivity contribution in [1.82, 2.24) is 0 Å². The van der Waals surface area contributed by atoms with Crippen LogP contribution in [0.5, 0.6) is 0 Å². The predicted molar refractivity (Wildman–Crippen MR) is 405 cm³/mol. The van der Waals surface area contributed by atoms with Crippen molar-refractivity contribution in [3.05, 3.63) is 115 Å². The first kappa shape index (κ1) is 79.6. The van der Waals surface area contributed by atoms with Crippen molar-refractivity contribution in [3.8, 4) is 0 Å². The van der Waals surface area contributed by atoms with E-state index in [0.29, 0.717) is 23.7 Å². The molecule has 93 heavy (non-hydrogen) atoms. The fraction of sp³-hybridized carbons (Fsp3) is 0.704. The number of hydrogen-bond donors (Lipinski definition) is 0. The summed E-state index contributed by atoms with van der Waals surface area (Å²) in [6.45, 7) is 54.5. The van der Waals surface area contributed by atoms with Crippen LogP contribution in [0.3, 0.4) is 0 Å². The van der Waals surface area contributed by atoms with Gasteiger partial charge in [0, 0.05) is 33.5 Å². The molecule has 524 valence electrons. The number of hydrogen-bond acceptors (Lipinski definition) is 8. The number of benzene rings is 4. The third-order valence-electron chi connectivity index (χ3n) is 23.7. The van der Waals surface area contributed by atoms with Crippen molar-refractivity contribution in [2.24, 2.45) is 5.41 Å². The average molecular weight is 1360 g/mol. The van der Waals surface area contributed by atoms with Gasteiger partial charge in [0.25, 0.3) is 0 Å². The van der Waals surface area contributed by atoms with E-state index in [9.17, 15) is 0 Å². The molecule has 0 bridgehead atoms. The molecule has 1 spiro atoms. The maximum absolute atomic E-state index is 18.0. The van der Waals surface area contributed by atoms with Gasteiger partial charge in [-0.15, -0.1) is 0 Å². The van der Waals surface area contributed by atoms with Gasteiger partial charge in [-0.25, -0.2) is 0 Å². The zero-order valence-electron chi connectivity index (χ0n) is 63.2. The van der Waals surface area contributed by atoms with Crippen molar-refractivity contribution in [3.63, 3.8) is 0 Å². The Morgan fingerprint density at radius 3 is 0.591 bits per heavy atom. The Bertz CT molecular complexity index is 2790. The summed E-state index contributed by atoms with van der Waals surface area (Å²) in [5.74, 6) is 2.31. The van der Waals surface area contributed by atoms with Crippen molar-refractivity contribution in [2.45, 2.75) is 314 Å². The molecule has 0 aliphatic carbocycles. The molecule has 2 aliphatic heterocycles. The molecular formula is C81H132O8P4. The fourth-order valence-electron chi connectivity index (χ4n) is 14.1. The molecule has 12 heteroatoms. The Morgan fingerprint density at radius 1 is 0.301 bits per heavy atom. The molecule has 8 nitrogen and oxygen atoms in total. The first-order valence-electron chi connectivity index (χ1n) is 37.6. The second-order valence-corrected chi connectivity index (χ2v) is 40.1. The lowest BCUT2D eigenvalue weighted by atomic mass is 9.85. The summed E-state index contributed by atoms with van der Waals surface area (Å²) in [5, 5.41) is 3.85. The Kier molecular flexibility index (Phi) is 29.2. The van der Waals surface area contributed by atoms with Gasteiger partial charge in [0.2, 0.25) is 0 Å². The Labute approximate surface area is 569 Å². The van der Waals surface area contributed by atoms with Crippen LogP contribution >= 0.6 is 29.5 Å². The highest BCUT2D eigenvalue weighted by molar-refractivity contribution is 7.80. The molecule has 0 amide bonds. The van der Waals surface area contributed by atoms with Crippen LogP contribution in [0.25, 0.3) is 0 Å². The molecule has 4 aromatic rings. The summed E-state index contributed by atoms with van der Waals surface area (Å²) >= 11 is 0. The van der Waals surface area contributed by atoms with Gasteiger partial charge in [0.1, 0.15) is 14.3 Å². The zero-order chi connectivity index (χ0) is 69.3. The van der Waals surface area contributed by atoms with E-state index in [2.05, 4.69) is 215 Å². The van der Waals surface area contributed by atoms with Crippen molar-refractivity contribution < 1.29 is 36.4 Å². The van der Waals surface area contributed by atoms with Crippen LogP contribution in [0.2, 0.25) is 0 Å². The van der Waals surface area contributed by atoms with Gasteiger partial charge in [-0.2, -0.15) is 0 Å². The lowest BCUT2D eigenvalue weighted by molar-refractivity contribution is -0.0680. The molecule has 12 unspecified atom stereocenters. The summed E-state index contributed by atoms with van der Waals surface area (Å²) in [5.41, 5.74) is 13.5. The SMILES string of the molecule is CCC(C)c1cc(C(C)CC)c(P(=O)(CCP2(=O)OCC3(CO2)COP(=O)(CCP(=O)(c2c(C(C)CC)cc(C(C)CC)cc2C(C)CC)c2c(C(C)CC)cc(C(C)CC)cc2C(C)CC)OC3)c2c(C(C)CC)cc(C(C)CC)cc2C(C)CC)c(C(C)CC)c1. The fourth-order valence-corrected chi connectivity index (χ4v) is 27.8. The molecule has 6 rings (SSSR count). The average Bonchev–Trinajstić information content (AvgIpc) is 0.735. The van der Waals surface area contributed by atoms with E-state index >= 15 is 18.3 Å². The predicted octanol–water partition coefficient (Wildman–Crippen LogP) is 24.6.